The number of aryl methyl sites for hydroxylation is 1. The van der Waals surface area contributed by atoms with Crippen molar-refractivity contribution in [2.75, 3.05) is 0 Å². The molecule has 0 aliphatic heterocycles. The maximum Gasteiger partial charge on any atom is 0.255 e. The first-order chi connectivity index (χ1) is 15.0. The third-order valence-electron chi connectivity index (χ3n) is 5.79. The Morgan fingerprint density at radius 3 is 2.35 bits per heavy atom. The van der Waals surface area contributed by atoms with E-state index in [9.17, 15) is 14.0 Å². The van der Waals surface area contributed by atoms with E-state index in [4.69, 9.17) is 5.73 Å². The van der Waals surface area contributed by atoms with Crippen LogP contribution in [0.5, 0.6) is 0 Å². The summed E-state index contributed by atoms with van der Waals surface area (Å²) in [5.74, 6) is -0.974. The Bertz CT molecular complexity index is 1110. The van der Waals surface area contributed by atoms with Gasteiger partial charge in [-0.2, -0.15) is 0 Å². The van der Waals surface area contributed by atoms with E-state index >= 15 is 0 Å². The van der Waals surface area contributed by atoms with Crippen LogP contribution in [0, 0.1) is 12.7 Å². The van der Waals surface area contributed by atoms with Gasteiger partial charge in [0, 0.05) is 11.1 Å². The van der Waals surface area contributed by atoms with E-state index in [0.717, 1.165) is 24.0 Å². The number of hydrogen-bond acceptors (Lipinski definition) is 2. The van der Waals surface area contributed by atoms with Crippen LogP contribution in [0.2, 0.25) is 0 Å². The standard InChI is InChI=1S/C26H25FN2O2/c1-17-7-5-6-10-22(17)26(31)29(24(25(28)30)19-8-3-2-4-9-19)16-21-15-20(18-11-12-18)13-14-23(21)27/h2-10,13-15,18,24H,11-12,16H2,1H3,(H2,28,30)/t24-/m1/s1. The Balaban J connectivity index is 1.79. The van der Waals surface area contributed by atoms with Crippen LogP contribution in [0.3, 0.4) is 0 Å². The molecule has 1 saturated carbocycles. The first-order valence-electron chi connectivity index (χ1n) is 10.4. The third kappa shape index (κ3) is 4.50. The Labute approximate surface area is 181 Å². The second kappa shape index (κ2) is 8.72. The summed E-state index contributed by atoms with van der Waals surface area (Å²) in [5, 5.41) is 0. The van der Waals surface area contributed by atoms with Gasteiger partial charge in [0.05, 0.1) is 6.54 Å². The van der Waals surface area contributed by atoms with E-state index in [1.54, 1.807) is 42.5 Å². The van der Waals surface area contributed by atoms with Gasteiger partial charge in [-0.3, -0.25) is 9.59 Å². The Hall–Kier alpha value is -3.47. The maximum absolute atomic E-state index is 14.8. The van der Waals surface area contributed by atoms with Crippen LogP contribution < -0.4 is 5.73 Å². The number of hydrogen-bond donors (Lipinski definition) is 1. The quantitative estimate of drug-likeness (QED) is 0.597. The molecule has 4 rings (SSSR count). The minimum absolute atomic E-state index is 0.0535. The molecule has 1 fully saturated rings. The Kier molecular flexibility index (Phi) is 5.85. The molecule has 5 heteroatoms. The monoisotopic (exact) mass is 416 g/mol. The summed E-state index contributed by atoms with van der Waals surface area (Å²) in [5.41, 5.74) is 9.06. The summed E-state index contributed by atoms with van der Waals surface area (Å²) < 4.78 is 14.8. The van der Waals surface area contributed by atoms with Crippen molar-refractivity contribution >= 4 is 11.8 Å². The summed E-state index contributed by atoms with van der Waals surface area (Å²) in [6, 6.07) is 20.1. The zero-order chi connectivity index (χ0) is 22.0. The lowest BCUT2D eigenvalue weighted by atomic mass is 9.99. The molecule has 0 radical (unpaired) electrons. The fourth-order valence-electron chi connectivity index (χ4n) is 3.95. The highest BCUT2D eigenvalue weighted by molar-refractivity contribution is 5.98. The van der Waals surface area contributed by atoms with Crippen molar-refractivity contribution in [3.05, 3.63) is 106 Å². The smallest absolute Gasteiger partial charge is 0.255 e. The molecular formula is C26H25FN2O2. The minimum atomic E-state index is -1.02. The fraction of sp³-hybridized carbons (Fsp3) is 0.231. The molecule has 3 aromatic rings. The zero-order valence-corrected chi connectivity index (χ0v) is 17.4. The van der Waals surface area contributed by atoms with Crippen molar-refractivity contribution in [2.45, 2.75) is 38.3 Å². The van der Waals surface area contributed by atoms with Crippen LogP contribution in [0.25, 0.3) is 0 Å². The highest BCUT2D eigenvalue weighted by atomic mass is 19.1. The van der Waals surface area contributed by atoms with Crippen molar-refractivity contribution in [1.82, 2.24) is 4.90 Å². The number of rotatable bonds is 7. The average Bonchev–Trinajstić information content (AvgIpc) is 3.60. The van der Waals surface area contributed by atoms with Gasteiger partial charge in [0.2, 0.25) is 5.91 Å². The second-order valence-electron chi connectivity index (χ2n) is 8.09. The number of carbonyl (C=O) groups is 2. The SMILES string of the molecule is Cc1ccccc1C(=O)N(Cc1cc(C2CC2)ccc1F)[C@@H](C(N)=O)c1ccccc1. The summed E-state index contributed by atoms with van der Waals surface area (Å²) in [6.45, 7) is 1.78. The third-order valence-corrected chi connectivity index (χ3v) is 5.79. The summed E-state index contributed by atoms with van der Waals surface area (Å²) in [4.78, 5) is 27.6. The molecule has 0 bridgehead atoms. The lowest BCUT2D eigenvalue weighted by Crippen LogP contribution is -2.41. The van der Waals surface area contributed by atoms with Crippen LogP contribution in [0.1, 0.15) is 57.4 Å². The van der Waals surface area contributed by atoms with Gasteiger partial charge in [-0.1, -0.05) is 60.7 Å². The van der Waals surface area contributed by atoms with Gasteiger partial charge in [-0.05, 0) is 54.5 Å². The molecule has 31 heavy (non-hydrogen) atoms. The number of amides is 2. The van der Waals surface area contributed by atoms with Gasteiger partial charge in [-0.25, -0.2) is 4.39 Å². The van der Waals surface area contributed by atoms with E-state index in [-0.39, 0.29) is 12.5 Å². The molecule has 0 saturated heterocycles. The first kappa shape index (κ1) is 20.8. The second-order valence-corrected chi connectivity index (χ2v) is 8.09. The molecular weight excluding hydrogens is 391 g/mol. The van der Waals surface area contributed by atoms with Crippen molar-refractivity contribution in [3.8, 4) is 0 Å². The highest BCUT2D eigenvalue weighted by Gasteiger charge is 2.32. The van der Waals surface area contributed by atoms with Crippen LogP contribution in [-0.2, 0) is 11.3 Å². The number of nitrogens with two attached hydrogens (primary N) is 1. The normalized spacial score (nSPS) is 14.1. The predicted molar refractivity (Wildman–Crippen MR) is 118 cm³/mol. The summed E-state index contributed by atoms with van der Waals surface area (Å²) >= 11 is 0. The number of primary amides is 1. The zero-order valence-electron chi connectivity index (χ0n) is 17.4. The van der Waals surface area contributed by atoms with Crippen LogP contribution in [0.15, 0.2) is 72.8 Å². The molecule has 1 aliphatic carbocycles. The van der Waals surface area contributed by atoms with Crippen molar-refractivity contribution in [2.24, 2.45) is 5.73 Å². The highest BCUT2D eigenvalue weighted by Crippen LogP contribution is 2.40. The molecule has 1 aliphatic rings. The fourth-order valence-corrected chi connectivity index (χ4v) is 3.95. The molecule has 0 heterocycles. The molecule has 1 atom stereocenters. The van der Waals surface area contributed by atoms with Crippen LogP contribution in [-0.4, -0.2) is 16.7 Å². The first-order valence-corrected chi connectivity index (χ1v) is 10.4. The lowest BCUT2D eigenvalue weighted by Gasteiger charge is -2.31. The molecule has 2 amide bonds. The topological polar surface area (TPSA) is 63.4 Å². The molecule has 2 N–H and O–H groups in total. The van der Waals surface area contributed by atoms with E-state index in [1.807, 2.05) is 31.2 Å². The van der Waals surface area contributed by atoms with Crippen molar-refractivity contribution < 1.29 is 14.0 Å². The van der Waals surface area contributed by atoms with E-state index in [1.165, 1.54) is 11.0 Å². The van der Waals surface area contributed by atoms with Gasteiger partial charge in [0.25, 0.3) is 5.91 Å². The number of carbonyl (C=O) groups excluding carboxylic acids is 2. The van der Waals surface area contributed by atoms with Gasteiger partial charge >= 0.3 is 0 Å². The predicted octanol–water partition coefficient (Wildman–Crippen LogP) is 4.88. The summed E-state index contributed by atoms with van der Waals surface area (Å²) in [6.07, 6.45) is 2.18. The van der Waals surface area contributed by atoms with Gasteiger partial charge < -0.3 is 10.6 Å². The molecule has 158 valence electrons. The van der Waals surface area contributed by atoms with Crippen LogP contribution in [0.4, 0.5) is 4.39 Å². The van der Waals surface area contributed by atoms with Crippen molar-refractivity contribution in [1.29, 1.82) is 0 Å². The van der Waals surface area contributed by atoms with Gasteiger partial charge in [-0.15, -0.1) is 0 Å². The number of halogens is 1. The molecule has 0 unspecified atom stereocenters. The summed E-state index contributed by atoms with van der Waals surface area (Å²) in [7, 11) is 0. The lowest BCUT2D eigenvalue weighted by molar-refractivity contribution is -0.122. The largest absolute Gasteiger partial charge is 0.368 e. The molecule has 4 nitrogen and oxygen atoms in total. The number of benzene rings is 3. The number of nitrogens with zero attached hydrogens (tertiary/aromatic N) is 1. The van der Waals surface area contributed by atoms with Gasteiger partial charge in [0.1, 0.15) is 11.9 Å². The molecule has 3 aromatic carbocycles. The molecule has 0 spiro atoms. The van der Waals surface area contributed by atoms with Crippen molar-refractivity contribution in [3.63, 3.8) is 0 Å². The maximum atomic E-state index is 14.8. The van der Waals surface area contributed by atoms with E-state index < -0.39 is 17.8 Å². The van der Waals surface area contributed by atoms with Crippen LogP contribution >= 0.6 is 0 Å². The van der Waals surface area contributed by atoms with E-state index in [0.29, 0.717) is 22.6 Å². The average molecular weight is 416 g/mol. The van der Waals surface area contributed by atoms with E-state index in [2.05, 4.69) is 0 Å². The Morgan fingerprint density at radius 1 is 1.03 bits per heavy atom. The Morgan fingerprint density at radius 2 is 1.71 bits per heavy atom. The van der Waals surface area contributed by atoms with Gasteiger partial charge in [0.15, 0.2) is 0 Å². The minimum Gasteiger partial charge on any atom is -0.368 e. The molecule has 0 aromatic heterocycles.